The molecule has 0 radical (unpaired) electrons. The maximum atomic E-state index is 12.2. The number of pyridine rings is 1. The van der Waals surface area contributed by atoms with Crippen LogP contribution in [0.25, 0.3) is 6.08 Å². The third-order valence-electron chi connectivity index (χ3n) is 3.00. The van der Waals surface area contributed by atoms with Crippen molar-refractivity contribution < 1.29 is 17.9 Å². The summed E-state index contributed by atoms with van der Waals surface area (Å²) in [5.41, 5.74) is 1.66. The zero-order chi connectivity index (χ0) is 17.6. The summed E-state index contributed by atoms with van der Waals surface area (Å²) in [5, 5.41) is 0. The van der Waals surface area contributed by atoms with Crippen molar-refractivity contribution in [2.75, 3.05) is 6.61 Å². The van der Waals surface area contributed by atoms with Crippen molar-refractivity contribution >= 4 is 22.0 Å². The normalized spacial score (nSPS) is 11.4. The minimum absolute atomic E-state index is 0.00933. The Morgan fingerprint density at radius 2 is 1.96 bits per heavy atom. The second-order valence-electron chi connectivity index (χ2n) is 5.00. The second kappa shape index (κ2) is 7.74. The monoisotopic (exact) mass is 346 g/mol. The van der Waals surface area contributed by atoms with Crippen LogP contribution in [0.4, 0.5) is 0 Å². The van der Waals surface area contributed by atoms with Crippen LogP contribution in [-0.2, 0) is 14.8 Å². The van der Waals surface area contributed by atoms with E-state index in [1.54, 1.807) is 12.4 Å². The summed E-state index contributed by atoms with van der Waals surface area (Å²) >= 11 is 0. The molecule has 0 aliphatic rings. The van der Waals surface area contributed by atoms with Crippen molar-refractivity contribution in [3.8, 4) is 5.75 Å². The van der Waals surface area contributed by atoms with Gasteiger partial charge >= 0.3 is 0 Å². The van der Waals surface area contributed by atoms with Gasteiger partial charge in [0.2, 0.25) is 0 Å². The van der Waals surface area contributed by atoms with Crippen molar-refractivity contribution in [2.45, 2.75) is 18.7 Å². The Hall–Kier alpha value is -2.67. The maximum Gasteiger partial charge on any atom is 0.264 e. The number of hydrogen-bond donors (Lipinski definition) is 1. The highest BCUT2D eigenvalue weighted by molar-refractivity contribution is 7.90. The number of aromatic nitrogens is 1. The third-order valence-corrected chi connectivity index (χ3v) is 4.37. The summed E-state index contributed by atoms with van der Waals surface area (Å²) in [6.45, 7) is 4.20. The molecular weight excluding hydrogens is 328 g/mol. The lowest BCUT2D eigenvalue weighted by Crippen LogP contribution is -2.28. The predicted octanol–water partition coefficient (Wildman–Crippen LogP) is 2.31. The standard InChI is InChI=1S/C17H18N2O4S/c1-3-23-15-5-7-16(8-6-15)24(21,22)19-17(20)9-4-14-10-13(2)11-18-12-14/h4-12H,3H2,1-2H3,(H,19,20). The first-order chi connectivity index (χ1) is 11.4. The molecule has 0 spiro atoms. The van der Waals surface area contributed by atoms with Gasteiger partial charge in [0.15, 0.2) is 0 Å². The average molecular weight is 346 g/mol. The number of rotatable bonds is 6. The number of ether oxygens (including phenoxy) is 1. The van der Waals surface area contributed by atoms with Crippen molar-refractivity contribution in [3.63, 3.8) is 0 Å². The number of sulfonamides is 1. The molecule has 0 unspecified atom stereocenters. The molecule has 2 rings (SSSR count). The molecular formula is C17H18N2O4S. The SMILES string of the molecule is CCOc1ccc(S(=O)(=O)NC(=O)C=Cc2cncc(C)c2)cc1. The fourth-order valence-corrected chi connectivity index (χ4v) is 2.89. The van der Waals surface area contributed by atoms with Crippen LogP contribution in [0.3, 0.4) is 0 Å². The van der Waals surface area contributed by atoms with Crippen molar-refractivity contribution in [1.29, 1.82) is 0 Å². The molecule has 7 heteroatoms. The molecule has 0 fully saturated rings. The molecule has 0 bridgehead atoms. The third kappa shape index (κ3) is 4.92. The van der Waals surface area contributed by atoms with E-state index in [2.05, 4.69) is 4.98 Å². The van der Waals surface area contributed by atoms with Crippen molar-refractivity contribution in [2.24, 2.45) is 0 Å². The van der Waals surface area contributed by atoms with E-state index in [0.717, 1.165) is 11.6 Å². The highest BCUT2D eigenvalue weighted by atomic mass is 32.2. The summed E-state index contributed by atoms with van der Waals surface area (Å²) in [7, 11) is -3.93. The first-order valence-corrected chi connectivity index (χ1v) is 8.78. The van der Waals surface area contributed by atoms with Gasteiger partial charge in [0.05, 0.1) is 11.5 Å². The number of benzene rings is 1. The Morgan fingerprint density at radius 1 is 1.25 bits per heavy atom. The largest absolute Gasteiger partial charge is 0.494 e. The predicted molar refractivity (Wildman–Crippen MR) is 90.9 cm³/mol. The molecule has 1 aromatic heterocycles. The number of amides is 1. The van der Waals surface area contributed by atoms with E-state index in [4.69, 9.17) is 4.74 Å². The van der Waals surface area contributed by atoms with Gasteiger partial charge in [0, 0.05) is 18.5 Å². The fraction of sp³-hybridized carbons (Fsp3) is 0.176. The molecule has 6 nitrogen and oxygen atoms in total. The van der Waals surface area contributed by atoms with Crippen LogP contribution in [0.1, 0.15) is 18.1 Å². The van der Waals surface area contributed by atoms with Crippen LogP contribution in [0.15, 0.2) is 53.7 Å². The van der Waals surface area contributed by atoms with Gasteiger partial charge < -0.3 is 4.74 Å². The van der Waals surface area contributed by atoms with E-state index < -0.39 is 15.9 Å². The topological polar surface area (TPSA) is 85.4 Å². The van der Waals surface area contributed by atoms with Gasteiger partial charge in [0.25, 0.3) is 15.9 Å². The molecule has 1 aromatic carbocycles. The van der Waals surface area contributed by atoms with Gasteiger partial charge in [-0.2, -0.15) is 0 Å². The summed E-state index contributed by atoms with van der Waals surface area (Å²) in [4.78, 5) is 15.8. The lowest BCUT2D eigenvalue weighted by molar-refractivity contribution is -0.114. The summed E-state index contributed by atoms with van der Waals surface area (Å²) in [5.74, 6) is -0.167. The smallest absolute Gasteiger partial charge is 0.264 e. The van der Waals surface area contributed by atoms with Gasteiger partial charge in [0.1, 0.15) is 5.75 Å². The Kier molecular flexibility index (Phi) is 5.70. The molecule has 0 aliphatic heterocycles. The molecule has 0 aliphatic carbocycles. The Balaban J connectivity index is 2.06. The zero-order valence-corrected chi connectivity index (χ0v) is 14.2. The molecule has 0 saturated carbocycles. The van der Waals surface area contributed by atoms with E-state index in [1.807, 2.05) is 24.6 Å². The van der Waals surface area contributed by atoms with Gasteiger partial charge in [-0.15, -0.1) is 0 Å². The first kappa shape index (κ1) is 17.7. The van der Waals surface area contributed by atoms with E-state index >= 15 is 0 Å². The van der Waals surface area contributed by atoms with E-state index in [-0.39, 0.29) is 4.90 Å². The highest BCUT2D eigenvalue weighted by Gasteiger charge is 2.16. The number of hydrogen-bond acceptors (Lipinski definition) is 5. The van der Waals surface area contributed by atoms with Crippen molar-refractivity contribution in [3.05, 3.63) is 59.9 Å². The van der Waals surface area contributed by atoms with Gasteiger partial charge in [-0.25, -0.2) is 13.1 Å². The minimum Gasteiger partial charge on any atom is -0.494 e. The van der Waals surface area contributed by atoms with Gasteiger partial charge in [-0.3, -0.25) is 9.78 Å². The van der Waals surface area contributed by atoms with Gasteiger partial charge in [-0.1, -0.05) is 0 Å². The quantitative estimate of drug-likeness (QED) is 0.811. The highest BCUT2D eigenvalue weighted by Crippen LogP contribution is 2.15. The summed E-state index contributed by atoms with van der Waals surface area (Å²) in [6, 6.07) is 7.68. The van der Waals surface area contributed by atoms with Crippen LogP contribution in [0.2, 0.25) is 0 Å². The number of nitrogens with zero attached hydrogens (tertiary/aromatic N) is 1. The fourth-order valence-electron chi connectivity index (χ4n) is 1.95. The van der Waals surface area contributed by atoms with Crippen LogP contribution in [0, 0.1) is 6.92 Å². The molecule has 0 saturated heterocycles. The van der Waals surface area contributed by atoms with E-state index in [1.165, 1.54) is 30.3 Å². The second-order valence-corrected chi connectivity index (χ2v) is 6.69. The van der Waals surface area contributed by atoms with Crippen LogP contribution >= 0.6 is 0 Å². The molecule has 1 amide bonds. The number of carbonyl (C=O) groups excluding carboxylic acids is 1. The Morgan fingerprint density at radius 3 is 2.58 bits per heavy atom. The Bertz CT molecular complexity index is 843. The Labute approximate surface area is 141 Å². The molecule has 1 heterocycles. The summed E-state index contributed by atoms with van der Waals surface area (Å²) < 4.78 is 31.6. The lowest BCUT2D eigenvalue weighted by atomic mass is 10.2. The van der Waals surface area contributed by atoms with E-state index in [9.17, 15) is 13.2 Å². The number of aryl methyl sites for hydroxylation is 1. The molecule has 126 valence electrons. The summed E-state index contributed by atoms with van der Waals surface area (Å²) in [6.07, 6.45) is 5.93. The molecule has 24 heavy (non-hydrogen) atoms. The maximum absolute atomic E-state index is 12.2. The van der Waals surface area contributed by atoms with Crippen LogP contribution in [0.5, 0.6) is 5.75 Å². The zero-order valence-electron chi connectivity index (χ0n) is 13.4. The van der Waals surface area contributed by atoms with Crippen LogP contribution < -0.4 is 9.46 Å². The van der Waals surface area contributed by atoms with Crippen LogP contribution in [-0.4, -0.2) is 25.9 Å². The first-order valence-electron chi connectivity index (χ1n) is 7.30. The average Bonchev–Trinajstić information content (AvgIpc) is 2.53. The molecule has 2 aromatic rings. The number of carbonyl (C=O) groups is 1. The van der Waals surface area contributed by atoms with Crippen molar-refractivity contribution in [1.82, 2.24) is 9.71 Å². The molecule has 0 atom stereocenters. The number of nitrogens with one attached hydrogen (secondary N) is 1. The lowest BCUT2D eigenvalue weighted by Gasteiger charge is -2.06. The van der Waals surface area contributed by atoms with E-state index in [0.29, 0.717) is 17.9 Å². The molecule has 1 N–H and O–H groups in total. The van der Waals surface area contributed by atoms with Gasteiger partial charge in [-0.05, 0) is 61.4 Å². The minimum atomic E-state index is -3.93.